The van der Waals surface area contributed by atoms with Gasteiger partial charge < -0.3 is 11.1 Å². The van der Waals surface area contributed by atoms with Gasteiger partial charge in [0.25, 0.3) is 0 Å². The lowest BCUT2D eigenvalue weighted by Crippen LogP contribution is -2.41. The Morgan fingerprint density at radius 2 is 2.36 bits per heavy atom. The summed E-state index contributed by atoms with van der Waals surface area (Å²) in [5.74, 6) is 0.813. The van der Waals surface area contributed by atoms with Gasteiger partial charge in [-0.3, -0.25) is 0 Å². The summed E-state index contributed by atoms with van der Waals surface area (Å²) in [6, 6.07) is 2.64. The average Bonchev–Trinajstić information content (AvgIpc) is 2.48. The SMILES string of the molecule is NC1CC(CNCc2cc(Br)cs2)C1. The molecule has 0 aromatic carbocycles. The molecule has 2 nitrogen and oxygen atoms in total. The summed E-state index contributed by atoms with van der Waals surface area (Å²) in [5.41, 5.74) is 5.72. The van der Waals surface area contributed by atoms with Crippen LogP contribution in [0.1, 0.15) is 17.7 Å². The lowest BCUT2D eigenvalue weighted by molar-refractivity contribution is 0.256. The molecular formula is C10H15BrN2S. The van der Waals surface area contributed by atoms with E-state index in [1.54, 1.807) is 11.3 Å². The van der Waals surface area contributed by atoms with Gasteiger partial charge in [0, 0.05) is 27.3 Å². The minimum Gasteiger partial charge on any atom is -0.328 e. The van der Waals surface area contributed by atoms with Crippen molar-refractivity contribution < 1.29 is 0 Å². The van der Waals surface area contributed by atoms with Gasteiger partial charge in [0.1, 0.15) is 0 Å². The second-order valence-corrected chi connectivity index (χ2v) is 5.87. The number of hydrogen-bond acceptors (Lipinski definition) is 3. The van der Waals surface area contributed by atoms with E-state index in [0.717, 1.165) is 19.0 Å². The van der Waals surface area contributed by atoms with Crippen molar-refractivity contribution in [3.05, 3.63) is 20.8 Å². The largest absolute Gasteiger partial charge is 0.328 e. The van der Waals surface area contributed by atoms with Gasteiger partial charge in [-0.15, -0.1) is 11.3 Å². The lowest BCUT2D eigenvalue weighted by atomic mass is 9.81. The van der Waals surface area contributed by atoms with Crippen LogP contribution in [0.15, 0.2) is 15.9 Å². The van der Waals surface area contributed by atoms with Crippen molar-refractivity contribution in [2.75, 3.05) is 6.54 Å². The van der Waals surface area contributed by atoms with E-state index in [4.69, 9.17) is 5.73 Å². The fraction of sp³-hybridized carbons (Fsp3) is 0.600. The molecule has 1 aliphatic rings. The molecule has 14 heavy (non-hydrogen) atoms. The van der Waals surface area contributed by atoms with E-state index >= 15 is 0 Å². The minimum atomic E-state index is 0.470. The van der Waals surface area contributed by atoms with Gasteiger partial charge in [-0.2, -0.15) is 0 Å². The molecule has 78 valence electrons. The monoisotopic (exact) mass is 274 g/mol. The predicted octanol–water partition coefficient (Wildman–Crippen LogP) is 2.34. The molecule has 1 aromatic rings. The third-order valence-electron chi connectivity index (χ3n) is 2.63. The third-order valence-corrected chi connectivity index (χ3v) is 4.32. The molecule has 1 heterocycles. The average molecular weight is 275 g/mol. The Labute approximate surface area is 97.0 Å². The molecule has 0 spiro atoms. The maximum absolute atomic E-state index is 5.72. The molecule has 1 aromatic heterocycles. The topological polar surface area (TPSA) is 38.0 Å². The Balaban J connectivity index is 1.63. The maximum atomic E-state index is 5.72. The van der Waals surface area contributed by atoms with Crippen LogP contribution in [0.2, 0.25) is 0 Å². The highest BCUT2D eigenvalue weighted by Gasteiger charge is 2.24. The number of thiophene rings is 1. The highest BCUT2D eigenvalue weighted by atomic mass is 79.9. The van der Waals surface area contributed by atoms with E-state index in [2.05, 4.69) is 32.7 Å². The van der Waals surface area contributed by atoms with Crippen LogP contribution < -0.4 is 11.1 Å². The maximum Gasteiger partial charge on any atom is 0.0300 e. The van der Waals surface area contributed by atoms with E-state index < -0.39 is 0 Å². The molecule has 0 saturated heterocycles. The zero-order chi connectivity index (χ0) is 9.97. The molecule has 1 aliphatic carbocycles. The first-order valence-corrected chi connectivity index (χ1v) is 6.60. The molecule has 4 heteroatoms. The van der Waals surface area contributed by atoms with Gasteiger partial charge in [0.2, 0.25) is 0 Å². The Morgan fingerprint density at radius 3 is 2.93 bits per heavy atom. The number of halogens is 1. The Bertz CT molecular complexity index is 294. The number of rotatable bonds is 4. The van der Waals surface area contributed by atoms with Crippen molar-refractivity contribution in [1.29, 1.82) is 0 Å². The van der Waals surface area contributed by atoms with Crippen LogP contribution in [0, 0.1) is 5.92 Å². The van der Waals surface area contributed by atoms with Gasteiger partial charge in [-0.1, -0.05) is 0 Å². The highest BCUT2D eigenvalue weighted by molar-refractivity contribution is 9.10. The Hall–Kier alpha value is 0.1000. The van der Waals surface area contributed by atoms with Crippen molar-refractivity contribution in [2.24, 2.45) is 11.7 Å². The van der Waals surface area contributed by atoms with Crippen LogP contribution in [0.25, 0.3) is 0 Å². The lowest BCUT2D eigenvalue weighted by Gasteiger charge is -2.32. The first-order valence-electron chi connectivity index (χ1n) is 4.93. The van der Waals surface area contributed by atoms with Crippen LogP contribution in [0.4, 0.5) is 0 Å². The molecule has 0 aliphatic heterocycles. The van der Waals surface area contributed by atoms with Crippen LogP contribution in [-0.4, -0.2) is 12.6 Å². The van der Waals surface area contributed by atoms with Crippen LogP contribution in [0.5, 0.6) is 0 Å². The Morgan fingerprint density at radius 1 is 1.57 bits per heavy atom. The van der Waals surface area contributed by atoms with Crippen molar-refractivity contribution in [1.82, 2.24) is 5.32 Å². The van der Waals surface area contributed by atoms with Crippen molar-refractivity contribution >= 4 is 27.3 Å². The zero-order valence-electron chi connectivity index (χ0n) is 8.00. The molecule has 1 saturated carbocycles. The second kappa shape index (κ2) is 4.75. The van der Waals surface area contributed by atoms with Crippen molar-refractivity contribution in [3.8, 4) is 0 Å². The van der Waals surface area contributed by atoms with E-state index in [1.165, 1.54) is 22.2 Å². The highest BCUT2D eigenvalue weighted by Crippen LogP contribution is 2.25. The molecule has 2 rings (SSSR count). The van der Waals surface area contributed by atoms with E-state index in [0.29, 0.717) is 6.04 Å². The number of hydrogen-bond donors (Lipinski definition) is 2. The molecular weight excluding hydrogens is 260 g/mol. The minimum absolute atomic E-state index is 0.470. The summed E-state index contributed by atoms with van der Waals surface area (Å²) in [5, 5.41) is 5.59. The molecule has 0 radical (unpaired) electrons. The summed E-state index contributed by atoms with van der Waals surface area (Å²) >= 11 is 5.25. The van der Waals surface area contributed by atoms with Gasteiger partial charge in [0.05, 0.1) is 0 Å². The van der Waals surface area contributed by atoms with E-state index in [-0.39, 0.29) is 0 Å². The zero-order valence-corrected chi connectivity index (χ0v) is 10.4. The van der Waals surface area contributed by atoms with Crippen LogP contribution >= 0.6 is 27.3 Å². The molecule has 0 amide bonds. The fourth-order valence-electron chi connectivity index (χ4n) is 1.80. The quantitative estimate of drug-likeness (QED) is 0.885. The molecule has 0 unspecified atom stereocenters. The number of nitrogens with one attached hydrogen (secondary N) is 1. The Kier molecular flexibility index (Phi) is 3.60. The molecule has 0 atom stereocenters. The third kappa shape index (κ3) is 2.79. The van der Waals surface area contributed by atoms with Gasteiger partial charge >= 0.3 is 0 Å². The van der Waals surface area contributed by atoms with Crippen molar-refractivity contribution in [3.63, 3.8) is 0 Å². The van der Waals surface area contributed by atoms with E-state index in [9.17, 15) is 0 Å². The van der Waals surface area contributed by atoms with Gasteiger partial charge in [-0.25, -0.2) is 0 Å². The van der Waals surface area contributed by atoms with Gasteiger partial charge in [-0.05, 0) is 47.3 Å². The molecule has 3 N–H and O–H groups in total. The van der Waals surface area contributed by atoms with Crippen molar-refractivity contribution in [2.45, 2.75) is 25.4 Å². The smallest absolute Gasteiger partial charge is 0.0300 e. The first kappa shape index (κ1) is 10.6. The summed E-state index contributed by atoms with van der Waals surface area (Å²) < 4.78 is 1.19. The van der Waals surface area contributed by atoms with Crippen LogP contribution in [-0.2, 0) is 6.54 Å². The summed E-state index contributed by atoms with van der Waals surface area (Å²) in [7, 11) is 0. The summed E-state index contributed by atoms with van der Waals surface area (Å²) in [4.78, 5) is 1.39. The van der Waals surface area contributed by atoms with Gasteiger partial charge in [0.15, 0.2) is 0 Å². The number of nitrogens with two attached hydrogens (primary N) is 1. The fourth-order valence-corrected chi connectivity index (χ4v) is 3.22. The first-order chi connectivity index (χ1) is 6.74. The summed E-state index contributed by atoms with van der Waals surface area (Å²) in [6.45, 7) is 2.10. The normalized spacial score (nSPS) is 26.1. The molecule has 1 fully saturated rings. The molecule has 0 bridgehead atoms. The van der Waals surface area contributed by atoms with Crippen LogP contribution in [0.3, 0.4) is 0 Å². The summed E-state index contributed by atoms with van der Waals surface area (Å²) in [6.07, 6.45) is 2.39. The standard InChI is InChI=1S/C10H15BrN2S/c11-8-3-10(14-6-8)5-13-4-7-1-9(12)2-7/h3,6-7,9,13H,1-2,4-5,12H2. The predicted molar refractivity (Wildman–Crippen MR) is 64.4 cm³/mol. The van der Waals surface area contributed by atoms with E-state index in [1.807, 2.05) is 0 Å². The second-order valence-electron chi connectivity index (χ2n) is 3.96.